The van der Waals surface area contributed by atoms with Crippen molar-refractivity contribution in [2.24, 2.45) is 0 Å². The van der Waals surface area contributed by atoms with Gasteiger partial charge in [0.25, 0.3) is 0 Å². The molecule has 3 nitrogen and oxygen atoms in total. The van der Waals surface area contributed by atoms with Crippen LogP contribution in [0.2, 0.25) is 0 Å². The number of hydrogen-bond acceptors (Lipinski definition) is 3. The minimum atomic E-state index is -0.113. The van der Waals surface area contributed by atoms with Crippen molar-refractivity contribution in [1.82, 2.24) is 10.3 Å². The molecule has 2 aromatic heterocycles. The van der Waals surface area contributed by atoms with Crippen LogP contribution in [0.1, 0.15) is 17.5 Å². The molecule has 0 fully saturated rings. The third-order valence-corrected chi connectivity index (χ3v) is 4.46. The molecule has 2 heterocycles. The van der Waals surface area contributed by atoms with Crippen LogP contribution in [0.5, 0.6) is 0 Å². The lowest BCUT2D eigenvalue weighted by Crippen LogP contribution is -2.19. The molecular formula is C15H12Br2N2O. The molecule has 3 aromatic rings. The van der Waals surface area contributed by atoms with E-state index in [1.54, 1.807) is 6.26 Å². The van der Waals surface area contributed by atoms with Gasteiger partial charge in [-0.2, -0.15) is 0 Å². The molecule has 0 aliphatic rings. The standard InChI is InChI=1S/C15H12Br2N2O/c1-18-14(15-10(16)6-7-20-15)13-11(17)8-9-4-2-3-5-12(9)19-13/h2-8,14,18H,1H3. The second-order valence-corrected chi connectivity index (χ2v) is 6.11. The molecule has 0 saturated heterocycles. The summed E-state index contributed by atoms with van der Waals surface area (Å²) in [6, 6.07) is 11.9. The fourth-order valence-corrected chi connectivity index (χ4v) is 3.21. The Kier molecular flexibility index (Phi) is 3.92. The van der Waals surface area contributed by atoms with E-state index in [0.29, 0.717) is 0 Å². The topological polar surface area (TPSA) is 38.1 Å². The van der Waals surface area contributed by atoms with Crippen molar-refractivity contribution in [2.75, 3.05) is 7.05 Å². The molecule has 5 heteroatoms. The SMILES string of the molecule is CNC(c1nc2ccccc2cc1Br)c1occc1Br. The number of nitrogens with zero attached hydrogens (tertiary/aromatic N) is 1. The summed E-state index contributed by atoms with van der Waals surface area (Å²) in [6.07, 6.45) is 1.67. The summed E-state index contributed by atoms with van der Waals surface area (Å²) in [5, 5.41) is 4.36. The predicted molar refractivity (Wildman–Crippen MR) is 86.8 cm³/mol. The first-order valence-corrected chi connectivity index (χ1v) is 7.74. The van der Waals surface area contributed by atoms with E-state index >= 15 is 0 Å². The molecule has 20 heavy (non-hydrogen) atoms. The van der Waals surface area contributed by atoms with Gasteiger partial charge >= 0.3 is 0 Å². The molecule has 1 N–H and O–H groups in total. The number of halogens is 2. The maximum Gasteiger partial charge on any atom is 0.140 e. The molecule has 102 valence electrons. The van der Waals surface area contributed by atoms with Crippen molar-refractivity contribution in [3.8, 4) is 0 Å². The first-order valence-electron chi connectivity index (χ1n) is 6.16. The van der Waals surface area contributed by atoms with Crippen LogP contribution in [-0.2, 0) is 0 Å². The van der Waals surface area contributed by atoms with Gasteiger partial charge in [0.15, 0.2) is 0 Å². The van der Waals surface area contributed by atoms with Gasteiger partial charge in [0, 0.05) is 9.86 Å². The zero-order chi connectivity index (χ0) is 14.1. The second kappa shape index (κ2) is 5.68. The van der Waals surface area contributed by atoms with E-state index in [-0.39, 0.29) is 6.04 Å². The number of furan rings is 1. The molecule has 0 bridgehead atoms. The molecule has 3 rings (SSSR count). The first kappa shape index (κ1) is 13.8. The van der Waals surface area contributed by atoms with Crippen molar-refractivity contribution >= 4 is 42.8 Å². The number of rotatable bonds is 3. The smallest absolute Gasteiger partial charge is 0.140 e. The number of aromatic nitrogens is 1. The average Bonchev–Trinajstić information content (AvgIpc) is 2.87. The van der Waals surface area contributed by atoms with Gasteiger partial charge in [-0.1, -0.05) is 18.2 Å². The summed E-state index contributed by atoms with van der Waals surface area (Å²) in [5.74, 6) is 0.816. The summed E-state index contributed by atoms with van der Waals surface area (Å²) in [4.78, 5) is 4.75. The fraction of sp³-hybridized carbons (Fsp3) is 0.133. The van der Waals surface area contributed by atoms with E-state index in [2.05, 4.69) is 43.2 Å². The summed E-state index contributed by atoms with van der Waals surface area (Å²) in [5.41, 5.74) is 1.87. The molecule has 1 aromatic carbocycles. The van der Waals surface area contributed by atoms with E-state index in [0.717, 1.165) is 31.3 Å². The summed E-state index contributed by atoms with van der Waals surface area (Å²) in [7, 11) is 1.89. The van der Waals surface area contributed by atoms with Crippen molar-refractivity contribution in [3.05, 3.63) is 63.1 Å². The normalized spacial score (nSPS) is 12.8. The number of fused-ring (bicyclic) bond motifs is 1. The molecule has 0 aliphatic carbocycles. The Hall–Kier alpha value is -1.17. The quantitative estimate of drug-likeness (QED) is 0.700. The third-order valence-electron chi connectivity index (χ3n) is 3.17. The minimum absolute atomic E-state index is 0.113. The van der Waals surface area contributed by atoms with Crippen LogP contribution in [0.4, 0.5) is 0 Å². The van der Waals surface area contributed by atoms with E-state index in [1.807, 2.05) is 37.4 Å². The maximum absolute atomic E-state index is 5.57. The van der Waals surface area contributed by atoms with Gasteiger partial charge in [0.05, 0.1) is 21.9 Å². The second-order valence-electron chi connectivity index (χ2n) is 4.40. The Bertz CT molecular complexity index is 754. The first-order chi connectivity index (χ1) is 9.70. The molecule has 0 spiro atoms. The highest BCUT2D eigenvalue weighted by Gasteiger charge is 2.22. The van der Waals surface area contributed by atoms with Gasteiger partial charge < -0.3 is 9.73 Å². The Morgan fingerprint density at radius 2 is 1.95 bits per heavy atom. The number of para-hydroxylation sites is 1. The highest BCUT2D eigenvalue weighted by molar-refractivity contribution is 9.10. The third kappa shape index (κ3) is 2.41. The Balaban J connectivity index is 2.17. The van der Waals surface area contributed by atoms with Crippen LogP contribution in [0, 0.1) is 0 Å². The van der Waals surface area contributed by atoms with Crippen LogP contribution in [0.15, 0.2) is 56.0 Å². The zero-order valence-electron chi connectivity index (χ0n) is 10.7. The number of pyridine rings is 1. The number of nitrogens with one attached hydrogen (secondary N) is 1. The summed E-state index contributed by atoms with van der Waals surface area (Å²) < 4.78 is 7.46. The highest BCUT2D eigenvalue weighted by Crippen LogP contribution is 2.33. The Morgan fingerprint density at radius 3 is 2.65 bits per heavy atom. The van der Waals surface area contributed by atoms with E-state index in [4.69, 9.17) is 9.40 Å². The van der Waals surface area contributed by atoms with Crippen LogP contribution in [-0.4, -0.2) is 12.0 Å². The largest absolute Gasteiger partial charge is 0.466 e. The van der Waals surface area contributed by atoms with E-state index in [1.165, 1.54) is 0 Å². The van der Waals surface area contributed by atoms with Gasteiger partial charge in [-0.25, -0.2) is 4.98 Å². The minimum Gasteiger partial charge on any atom is -0.466 e. The summed E-state index contributed by atoms with van der Waals surface area (Å²) >= 11 is 7.11. The van der Waals surface area contributed by atoms with Crippen molar-refractivity contribution in [2.45, 2.75) is 6.04 Å². The maximum atomic E-state index is 5.57. The van der Waals surface area contributed by atoms with Crippen LogP contribution in [0.25, 0.3) is 10.9 Å². The summed E-state index contributed by atoms with van der Waals surface area (Å²) in [6.45, 7) is 0. The predicted octanol–water partition coefficient (Wildman–Crippen LogP) is 4.66. The van der Waals surface area contributed by atoms with Crippen molar-refractivity contribution in [3.63, 3.8) is 0 Å². The lowest BCUT2D eigenvalue weighted by Gasteiger charge is -2.16. The van der Waals surface area contributed by atoms with Crippen LogP contribution in [0.3, 0.4) is 0 Å². The van der Waals surface area contributed by atoms with E-state index < -0.39 is 0 Å². The fourth-order valence-electron chi connectivity index (χ4n) is 2.21. The van der Waals surface area contributed by atoms with Crippen molar-refractivity contribution < 1.29 is 4.42 Å². The number of benzene rings is 1. The van der Waals surface area contributed by atoms with Gasteiger partial charge in [-0.15, -0.1) is 0 Å². The van der Waals surface area contributed by atoms with Gasteiger partial charge in [0.2, 0.25) is 0 Å². The monoisotopic (exact) mass is 394 g/mol. The number of hydrogen-bond donors (Lipinski definition) is 1. The highest BCUT2D eigenvalue weighted by atomic mass is 79.9. The molecule has 1 unspecified atom stereocenters. The van der Waals surface area contributed by atoms with Gasteiger partial charge in [0.1, 0.15) is 11.8 Å². The van der Waals surface area contributed by atoms with Crippen LogP contribution >= 0.6 is 31.9 Å². The van der Waals surface area contributed by atoms with E-state index in [9.17, 15) is 0 Å². The molecule has 0 amide bonds. The lowest BCUT2D eigenvalue weighted by atomic mass is 10.1. The molecule has 1 atom stereocenters. The lowest BCUT2D eigenvalue weighted by molar-refractivity contribution is 0.456. The van der Waals surface area contributed by atoms with Crippen molar-refractivity contribution in [1.29, 1.82) is 0 Å². The molecule has 0 radical (unpaired) electrons. The Labute approximate surface area is 133 Å². The van der Waals surface area contributed by atoms with Crippen LogP contribution < -0.4 is 5.32 Å². The average molecular weight is 396 g/mol. The molecule has 0 aliphatic heterocycles. The molecule has 0 saturated carbocycles. The molecular weight excluding hydrogens is 384 g/mol. The van der Waals surface area contributed by atoms with Gasteiger partial charge in [-0.3, -0.25) is 0 Å². The zero-order valence-corrected chi connectivity index (χ0v) is 13.9. The Morgan fingerprint density at radius 1 is 1.15 bits per heavy atom. The van der Waals surface area contributed by atoms with Gasteiger partial charge in [-0.05, 0) is 57.1 Å².